The second-order valence-corrected chi connectivity index (χ2v) is 5.35. The van der Waals surface area contributed by atoms with E-state index in [0.717, 1.165) is 31.9 Å². The SMILES string of the molecule is c1nnc(CC2CNCCO2)n1C1CCCCC1. The molecule has 0 spiro atoms. The highest BCUT2D eigenvalue weighted by Crippen LogP contribution is 2.28. The highest BCUT2D eigenvalue weighted by Gasteiger charge is 2.21. The second kappa shape index (κ2) is 5.80. The van der Waals surface area contributed by atoms with Gasteiger partial charge in [-0.05, 0) is 12.8 Å². The van der Waals surface area contributed by atoms with Gasteiger partial charge in [-0.1, -0.05) is 19.3 Å². The Morgan fingerprint density at radius 2 is 2.22 bits per heavy atom. The normalized spacial score (nSPS) is 26.3. The first-order valence-electron chi connectivity index (χ1n) is 7.14. The smallest absolute Gasteiger partial charge is 0.135 e. The number of rotatable bonds is 3. The van der Waals surface area contributed by atoms with Crippen molar-refractivity contribution in [2.75, 3.05) is 19.7 Å². The molecule has 18 heavy (non-hydrogen) atoms. The van der Waals surface area contributed by atoms with Crippen LogP contribution in [0.2, 0.25) is 0 Å². The molecule has 0 bridgehead atoms. The molecule has 1 aromatic rings. The largest absolute Gasteiger partial charge is 0.375 e. The molecule has 2 heterocycles. The number of nitrogens with one attached hydrogen (secondary N) is 1. The van der Waals surface area contributed by atoms with E-state index in [1.165, 1.54) is 32.1 Å². The van der Waals surface area contributed by atoms with Crippen LogP contribution in [0.4, 0.5) is 0 Å². The number of nitrogens with zero attached hydrogens (tertiary/aromatic N) is 3. The first kappa shape index (κ1) is 12.1. The summed E-state index contributed by atoms with van der Waals surface area (Å²) in [5, 5.41) is 11.8. The fraction of sp³-hybridized carbons (Fsp3) is 0.846. The van der Waals surface area contributed by atoms with Gasteiger partial charge < -0.3 is 14.6 Å². The number of hydrogen-bond acceptors (Lipinski definition) is 4. The van der Waals surface area contributed by atoms with Gasteiger partial charge >= 0.3 is 0 Å². The predicted octanol–water partition coefficient (Wildman–Crippen LogP) is 1.31. The first-order valence-corrected chi connectivity index (χ1v) is 7.14. The molecule has 1 saturated carbocycles. The molecule has 1 N–H and O–H groups in total. The van der Waals surface area contributed by atoms with E-state index in [2.05, 4.69) is 20.1 Å². The predicted molar refractivity (Wildman–Crippen MR) is 68.5 cm³/mol. The summed E-state index contributed by atoms with van der Waals surface area (Å²) in [7, 11) is 0. The Morgan fingerprint density at radius 1 is 1.33 bits per heavy atom. The Hall–Kier alpha value is -0.940. The van der Waals surface area contributed by atoms with E-state index in [1.54, 1.807) is 0 Å². The molecule has 1 aliphatic carbocycles. The molecule has 1 saturated heterocycles. The van der Waals surface area contributed by atoms with Gasteiger partial charge in [-0.15, -0.1) is 10.2 Å². The Morgan fingerprint density at radius 3 is 3.00 bits per heavy atom. The van der Waals surface area contributed by atoms with Crippen molar-refractivity contribution in [2.24, 2.45) is 0 Å². The van der Waals surface area contributed by atoms with Crippen LogP contribution in [0.1, 0.15) is 44.0 Å². The van der Waals surface area contributed by atoms with Crippen molar-refractivity contribution in [2.45, 2.75) is 50.7 Å². The molecule has 3 rings (SSSR count). The number of ether oxygens (including phenoxy) is 1. The molecule has 0 amide bonds. The van der Waals surface area contributed by atoms with Crippen LogP contribution in [0, 0.1) is 0 Å². The van der Waals surface area contributed by atoms with Crippen molar-refractivity contribution >= 4 is 0 Å². The molecule has 1 unspecified atom stereocenters. The minimum Gasteiger partial charge on any atom is -0.375 e. The van der Waals surface area contributed by atoms with E-state index in [1.807, 2.05) is 6.33 Å². The third-order valence-corrected chi connectivity index (χ3v) is 4.03. The summed E-state index contributed by atoms with van der Waals surface area (Å²) in [5.41, 5.74) is 0. The Kier molecular flexibility index (Phi) is 3.90. The van der Waals surface area contributed by atoms with Crippen molar-refractivity contribution in [3.8, 4) is 0 Å². The van der Waals surface area contributed by atoms with Crippen molar-refractivity contribution in [1.29, 1.82) is 0 Å². The molecule has 5 heteroatoms. The van der Waals surface area contributed by atoms with Crippen LogP contribution in [-0.2, 0) is 11.2 Å². The maximum absolute atomic E-state index is 5.75. The fourth-order valence-electron chi connectivity index (χ4n) is 3.03. The zero-order valence-corrected chi connectivity index (χ0v) is 10.8. The number of hydrogen-bond donors (Lipinski definition) is 1. The van der Waals surface area contributed by atoms with Gasteiger partial charge in [0, 0.05) is 25.6 Å². The summed E-state index contributed by atoms with van der Waals surface area (Å²) in [6.07, 6.45) is 9.64. The van der Waals surface area contributed by atoms with Crippen molar-refractivity contribution < 1.29 is 4.74 Å². The van der Waals surface area contributed by atoms with E-state index >= 15 is 0 Å². The van der Waals surface area contributed by atoms with Gasteiger partial charge in [0.15, 0.2) is 0 Å². The van der Waals surface area contributed by atoms with Gasteiger partial charge in [0.2, 0.25) is 0 Å². The van der Waals surface area contributed by atoms with E-state index < -0.39 is 0 Å². The maximum Gasteiger partial charge on any atom is 0.135 e. The van der Waals surface area contributed by atoms with E-state index in [4.69, 9.17) is 4.74 Å². The molecule has 0 aromatic carbocycles. The minimum absolute atomic E-state index is 0.255. The van der Waals surface area contributed by atoms with Crippen molar-refractivity contribution in [3.05, 3.63) is 12.2 Å². The number of morpholine rings is 1. The van der Waals surface area contributed by atoms with Crippen LogP contribution in [0.3, 0.4) is 0 Å². The topological polar surface area (TPSA) is 52.0 Å². The molecular weight excluding hydrogens is 228 g/mol. The van der Waals surface area contributed by atoms with Crippen LogP contribution < -0.4 is 5.32 Å². The zero-order valence-electron chi connectivity index (χ0n) is 10.8. The number of aromatic nitrogens is 3. The molecular formula is C13H22N4O. The highest BCUT2D eigenvalue weighted by atomic mass is 16.5. The summed E-state index contributed by atoms with van der Waals surface area (Å²) in [6.45, 7) is 2.70. The average Bonchev–Trinajstić information content (AvgIpc) is 2.89. The fourth-order valence-corrected chi connectivity index (χ4v) is 3.03. The van der Waals surface area contributed by atoms with Crippen LogP contribution in [0.25, 0.3) is 0 Å². The Balaban J connectivity index is 1.66. The van der Waals surface area contributed by atoms with E-state index in [-0.39, 0.29) is 6.10 Å². The lowest BCUT2D eigenvalue weighted by atomic mass is 9.95. The molecule has 100 valence electrons. The lowest BCUT2D eigenvalue weighted by Crippen LogP contribution is -2.40. The van der Waals surface area contributed by atoms with Crippen molar-refractivity contribution in [1.82, 2.24) is 20.1 Å². The maximum atomic E-state index is 5.75. The molecule has 1 aromatic heterocycles. The zero-order chi connectivity index (χ0) is 12.2. The molecule has 2 aliphatic rings. The highest BCUT2D eigenvalue weighted by molar-refractivity contribution is 4.94. The van der Waals surface area contributed by atoms with E-state index in [0.29, 0.717) is 6.04 Å². The molecule has 0 radical (unpaired) electrons. The van der Waals surface area contributed by atoms with Gasteiger partial charge in [-0.3, -0.25) is 0 Å². The van der Waals surface area contributed by atoms with Crippen molar-refractivity contribution in [3.63, 3.8) is 0 Å². The van der Waals surface area contributed by atoms with Crippen LogP contribution in [0.5, 0.6) is 0 Å². The van der Waals surface area contributed by atoms with Gasteiger partial charge in [-0.2, -0.15) is 0 Å². The third kappa shape index (κ3) is 2.72. The van der Waals surface area contributed by atoms with Crippen LogP contribution in [0.15, 0.2) is 6.33 Å². The summed E-state index contributed by atoms with van der Waals surface area (Å²) < 4.78 is 8.04. The Bertz CT molecular complexity index is 367. The van der Waals surface area contributed by atoms with Gasteiger partial charge in [-0.25, -0.2) is 0 Å². The average molecular weight is 250 g/mol. The van der Waals surface area contributed by atoms with Gasteiger partial charge in [0.1, 0.15) is 12.2 Å². The molecule has 2 fully saturated rings. The van der Waals surface area contributed by atoms with Crippen LogP contribution >= 0.6 is 0 Å². The Labute approximate surface area is 108 Å². The summed E-state index contributed by atoms with van der Waals surface area (Å²) in [4.78, 5) is 0. The minimum atomic E-state index is 0.255. The van der Waals surface area contributed by atoms with E-state index in [9.17, 15) is 0 Å². The first-order chi connectivity index (χ1) is 8.93. The lowest BCUT2D eigenvalue weighted by molar-refractivity contribution is 0.0272. The summed E-state index contributed by atoms with van der Waals surface area (Å²) in [6, 6.07) is 0.611. The summed E-state index contributed by atoms with van der Waals surface area (Å²) in [5.74, 6) is 1.09. The van der Waals surface area contributed by atoms with Gasteiger partial charge in [0.25, 0.3) is 0 Å². The molecule has 5 nitrogen and oxygen atoms in total. The van der Waals surface area contributed by atoms with Crippen LogP contribution in [-0.4, -0.2) is 40.6 Å². The third-order valence-electron chi connectivity index (χ3n) is 4.03. The molecule has 1 atom stereocenters. The quantitative estimate of drug-likeness (QED) is 0.879. The standard InChI is InChI=1S/C13H22N4O/c1-2-4-11(5-3-1)17-10-15-16-13(17)8-12-9-14-6-7-18-12/h10-12,14H,1-9H2. The molecule has 1 aliphatic heterocycles. The lowest BCUT2D eigenvalue weighted by Gasteiger charge is -2.26. The second-order valence-electron chi connectivity index (χ2n) is 5.35. The summed E-state index contributed by atoms with van der Waals surface area (Å²) >= 11 is 0. The van der Waals surface area contributed by atoms with Gasteiger partial charge in [0.05, 0.1) is 12.7 Å². The monoisotopic (exact) mass is 250 g/mol.